The number of nitrogens with zero attached hydrogens (tertiary/aromatic N) is 2. The van der Waals surface area contributed by atoms with Gasteiger partial charge in [-0.3, -0.25) is 4.79 Å². The molecule has 0 unspecified atom stereocenters. The van der Waals surface area contributed by atoms with Gasteiger partial charge >= 0.3 is 0 Å². The van der Waals surface area contributed by atoms with Gasteiger partial charge < -0.3 is 5.32 Å². The number of nitrogens with one attached hydrogen (secondary N) is 1. The van der Waals surface area contributed by atoms with Crippen molar-refractivity contribution in [1.82, 2.24) is 9.78 Å². The third-order valence-electron chi connectivity index (χ3n) is 5.43. The fourth-order valence-corrected chi connectivity index (χ4v) is 3.89. The molecule has 156 valence electrons. The predicted octanol–water partition coefficient (Wildman–Crippen LogP) is 6.91. The Morgan fingerprint density at radius 3 is 2.34 bits per heavy atom. The van der Waals surface area contributed by atoms with Crippen LogP contribution in [0, 0.1) is 6.92 Å². The Balaban J connectivity index is 1.61. The molecule has 0 aliphatic rings. The van der Waals surface area contributed by atoms with Crippen LogP contribution in [0.3, 0.4) is 0 Å². The first-order valence-corrected chi connectivity index (χ1v) is 10.7. The number of anilines is 1. The van der Waals surface area contributed by atoms with Crippen molar-refractivity contribution in [1.29, 1.82) is 0 Å². The number of halogens is 1. The molecule has 4 aromatic carbocycles. The number of amides is 1. The van der Waals surface area contributed by atoms with Gasteiger partial charge in [0.05, 0.1) is 11.4 Å². The van der Waals surface area contributed by atoms with E-state index < -0.39 is 0 Å². The van der Waals surface area contributed by atoms with Gasteiger partial charge in [-0.1, -0.05) is 66.2 Å². The normalized spacial score (nSPS) is 10.9. The van der Waals surface area contributed by atoms with E-state index in [1.165, 1.54) is 5.39 Å². The van der Waals surface area contributed by atoms with Crippen molar-refractivity contribution in [3.63, 3.8) is 0 Å². The molecule has 0 aliphatic carbocycles. The van der Waals surface area contributed by atoms with E-state index in [0.29, 0.717) is 16.4 Å². The molecule has 0 saturated carbocycles. The van der Waals surface area contributed by atoms with Gasteiger partial charge in [0.2, 0.25) is 0 Å². The molecular formula is C27H20ClN3O. The van der Waals surface area contributed by atoms with Crippen LogP contribution in [-0.4, -0.2) is 15.7 Å². The maximum atomic E-state index is 13.0. The molecule has 0 spiro atoms. The van der Waals surface area contributed by atoms with Gasteiger partial charge in [-0.2, -0.15) is 5.10 Å². The van der Waals surface area contributed by atoms with Gasteiger partial charge in [0, 0.05) is 16.3 Å². The van der Waals surface area contributed by atoms with Crippen LogP contribution in [0.2, 0.25) is 5.02 Å². The van der Waals surface area contributed by atoms with Crippen LogP contribution in [-0.2, 0) is 0 Å². The number of hydrogen-bond acceptors (Lipinski definition) is 2. The van der Waals surface area contributed by atoms with Crippen LogP contribution in [0.1, 0.15) is 16.1 Å². The molecule has 1 heterocycles. The van der Waals surface area contributed by atoms with Gasteiger partial charge in [0.15, 0.2) is 5.69 Å². The minimum atomic E-state index is -0.276. The smallest absolute Gasteiger partial charge is 0.276 e. The van der Waals surface area contributed by atoms with Gasteiger partial charge in [-0.05, 0) is 65.7 Å². The second-order valence-electron chi connectivity index (χ2n) is 7.64. The zero-order valence-electron chi connectivity index (χ0n) is 17.4. The van der Waals surface area contributed by atoms with Crippen LogP contribution in [0.25, 0.3) is 27.7 Å². The molecule has 0 atom stereocenters. The van der Waals surface area contributed by atoms with E-state index in [0.717, 1.165) is 27.9 Å². The number of aromatic nitrogens is 2. The molecule has 5 heteroatoms. The molecule has 1 N–H and O–H groups in total. The first kappa shape index (κ1) is 20.0. The summed E-state index contributed by atoms with van der Waals surface area (Å²) >= 11 is 5.95. The first-order chi connectivity index (χ1) is 15.6. The number of aryl methyl sites for hydroxylation is 1. The lowest BCUT2D eigenvalue weighted by Gasteiger charge is -2.11. The van der Waals surface area contributed by atoms with E-state index in [1.807, 2.05) is 54.1 Å². The summed E-state index contributed by atoms with van der Waals surface area (Å²) < 4.78 is 1.84. The van der Waals surface area contributed by atoms with Crippen LogP contribution in [0.4, 0.5) is 5.69 Å². The molecule has 5 rings (SSSR count). The Bertz CT molecular complexity index is 1440. The van der Waals surface area contributed by atoms with Crippen molar-refractivity contribution in [3.8, 4) is 16.9 Å². The molecule has 0 radical (unpaired) electrons. The molecule has 5 aromatic rings. The molecule has 1 aromatic heterocycles. The second-order valence-corrected chi connectivity index (χ2v) is 8.07. The number of para-hydroxylation sites is 1. The lowest BCUT2D eigenvalue weighted by atomic mass is 10.0. The lowest BCUT2D eigenvalue weighted by molar-refractivity contribution is 0.102. The quantitative estimate of drug-likeness (QED) is 0.332. The summed E-state index contributed by atoms with van der Waals surface area (Å²) in [5.41, 5.74) is 4.85. The highest BCUT2D eigenvalue weighted by atomic mass is 35.5. The van der Waals surface area contributed by atoms with Gasteiger partial charge in [-0.15, -0.1) is 0 Å². The summed E-state index contributed by atoms with van der Waals surface area (Å²) in [6.45, 7) is 2.04. The highest BCUT2D eigenvalue weighted by Crippen LogP contribution is 2.29. The third kappa shape index (κ3) is 3.88. The maximum Gasteiger partial charge on any atom is 0.276 e. The SMILES string of the molecule is Cc1ccccc1-n1nc(C(=O)Nc2ccc(Cl)cc2)cc1-c1ccc2ccccc2c1. The number of carbonyl (C=O) groups is 1. The van der Waals surface area contributed by atoms with Gasteiger partial charge in [-0.25, -0.2) is 4.68 Å². The molecule has 0 fully saturated rings. The van der Waals surface area contributed by atoms with Crippen molar-refractivity contribution < 1.29 is 4.79 Å². The summed E-state index contributed by atoms with van der Waals surface area (Å²) in [7, 11) is 0. The first-order valence-electron chi connectivity index (χ1n) is 10.3. The minimum absolute atomic E-state index is 0.276. The third-order valence-corrected chi connectivity index (χ3v) is 5.68. The number of benzene rings is 4. The standard InChI is InChI=1S/C27H20ClN3O/c1-18-6-2-5-9-25(18)31-26(21-11-10-19-7-3-4-8-20(19)16-21)17-24(30-31)27(32)29-23-14-12-22(28)13-15-23/h2-17H,1H3,(H,29,32). The Kier molecular flexibility index (Phi) is 5.21. The summed E-state index contributed by atoms with van der Waals surface area (Å²) in [5.74, 6) is -0.276. The predicted molar refractivity (Wildman–Crippen MR) is 131 cm³/mol. The highest BCUT2D eigenvalue weighted by molar-refractivity contribution is 6.30. The summed E-state index contributed by atoms with van der Waals surface area (Å²) in [6.07, 6.45) is 0. The topological polar surface area (TPSA) is 46.9 Å². The van der Waals surface area contributed by atoms with Crippen LogP contribution >= 0.6 is 11.6 Å². The molecule has 32 heavy (non-hydrogen) atoms. The molecule has 1 amide bonds. The largest absolute Gasteiger partial charge is 0.321 e. The number of hydrogen-bond donors (Lipinski definition) is 1. The van der Waals surface area contributed by atoms with Crippen LogP contribution in [0.5, 0.6) is 0 Å². The van der Waals surface area contributed by atoms with Crippen molar-refractivity contribution >= 4 is 34.0 Å². The fourth-order valence-electron chi connectivity index (χ4n) is 3.76. The van der Waals surface area contributed by atoms with E-state index in [-0.39, 0.29) is 5.91 Å². The molecule has 0 bridgehead atoms. The average Bonchev–Trinajstić information content (AvgIpc) is 3.26. The Morgan fingerprint density at radius 1 is 0.844 bits per heavy atom. The van der Waals surface area contributed by atoms with E-state index in [9.17, 15) is 4.79 Å². The minimum Gasteiger partial charge on any atom is -0.321 e. The lowest BCUT2D eigenvalue weighted by Crippen LogP contribution is -2.13. The van der Waals surface area contributed by atoms with Gasteiger partial charge in [0.25, 0.3) is 5.91 Å². The Morgan fingerprint density at radius 2 is 1.56 bits per heavy atom. The monoisotopic (exact) mass is 437 g/mol. The number of carbonyl (C=O) groups excluding carboxylic acids is 1. The molecule has 0 aliphatic heterocycles. The maximum absolute atomic E-state index is 13.0. The van der Waals surface area contributed by atoms with Crippen molar-refractivity contribution in [3.05, 3.63) is 113 Å². The number of rotatable bonds is 4. The fraction of sp³-hybridized carbons (Fsp3) is 0.0370. The molecule has 0 saturated heterocycles. The molecule has 4 nitrogen and oxygen atoms in total. The second kappa shape index (κ2) is 8.33. The molecular weight excluding hydrogens is 418 g/mol. The zero-order chi connectivity index (χ0) is 22.1. The number of fused-ring (bicyclic) bond motifs is 1. The van der Waals surface area contributed by atoms with E-state index in [4.69, 9.17) is 11.6 Å². The van der Waals surface area contributed by atoms with Crippen molar-refractivity contribution in [2.75, 3.05) is 5.32 Å². The average molecular weight is 438 g/mol. The zero-order valence-corrected chi connectivity index (χ0v) is 18.2. The Labute approximate surface area is 191 Å². The van der Waals surface area contributed by atoms with Crippen molar-refractivity contribution in [2.45, 2.75) is 6.92 Å². The van der Waals surface area contributed by atoms with Gasteiger partial charge in [0.1, 0.15) is 0 Å². The summed E-state index contributed by atoms with van der Waals surface area (Å²) in [5, 5.41) is 10.5. The van der Waals surface area contributed by atoms with E-state index in [2.05, 4.69) is 40.7 Å². The van der Waals surface area contributed by atoms with E-state index >= 15 is 0 Å². The van der Waals surface area contributed by atoms with Crippen molar-refractivity contribution in [2.24, 2.45) is 0 Å². The van der Waals surface area contributed by atoms with Crippen LogP contribution < -0.4 is 5.32 Å². The Hall–Kier alpha value is -3.89. The summed E-state index contributed by atoms with van der Waals surface area (Å²) in [6, 6.07) is 31.4. The summed E-state index contributed by atoms with van der Waals surface area (Å²) in [4.78, 5) is 13.0. The highest BCUT2D eigenvalue weighted by Gasteiger charge is 2.18. The van der Waals surface area contributed by atoms with Crippen LogP contribution in [0.15, 0.2) is 97.1 Å². The van der Waals surface area contributed by atoms with E-state index in [1.54, 1.807) is 24.3 Å².